The Morgan fingerprint density at radius 2 is 2.00 bits per heavy atom. The number of piperidine rings is 2. The SMILES string of the molecule is Cn1nc(C2CCC(=O)NC2=O)c2cccc(NC3CCNCC3)c21. The Bertz CT molecular complexity index is 822. The molecule has 25 heavy (non-hydrogen) atoms. The van der Waals surface area contributed by atoms with Gasteiger partial charge >= 0.3 is 0 Å². The van der Waals surface area contributed by atoms with Crippen molar-refractivity contribution in [3.63, 3.8) is 0 Å². The number of hydrogen-bond donors (Lipinski definition) is 3. The molecule has 2 saturated heterocycles. The number of aromatic nitrogens is 2. The molecule has 1 unspecified atom stereocenters. The Hall–Kier alpha value is -2.41. The zero-order chi connectivity index (χ0) is 17.4. The van der Waals surface area contributed by atoms with Crippen molar-refractivity contribution in [2.45, 2.75) is 37.6 Å². The van der Waals surface area contributed by atoms with E-state index in [9.17, 15) is 9.59 Å². The third kappa shape index (κ3) is 3.00. The van der Waals surface area contributed by atoms with E-state index in [-0.39, 0.29) is 17.7 Å². The number of hydrogen-bond acceptors (Lipinski definition) is 5. The maximum atomic E-state index is 12.3. The van der Waals surface area contributed by atoms with Crippen molar-refractivity contribution < 1.29 is 9.59 Å². The maximum Gasteiger partial charge on any atom is 0.235 e. The van der Waals surface area contributed by atoms with E-state index >= 15 is 0 Å². The molecule has 1 aromatic carbocycles. The fourth-order valence-corrected chi connectivity index (χ4v) is 3.88. The Morgan fingerprint density at radius 3 is 2.76 bits per heavy atom. The minimum Gasteiger partial charge on any atom is -0.380 e. The number of amides is 2. The van der Waals surface area contributed by atoms with Gasteiger partial charge in [-0.15, -0.1) is 0 Å². The van der Waals surface area contributed by atoms with Crippen LogP contribution >= 0.6 is 0 Å². The average molecular weight is 341 g/mol. The second-order valence-corrected chi connectivity index (χ2v) is 6.88. The molecule has 2 fully saturated rings. The summed E-state index contributed by atoms with van der Waals surface area (Å²) in [6.45, 7) is 2.06. The number of aryl methyl sites for hydroxylation is 1. The first-order chi connectivity index (χ1) is 12.1. The number of nitrogens with one attached hydrogen (secondary N) is 3. The van der Waals surface area contributed by atoms with Gasteiger partial charge in [-0.2, -0.15) is 5.10 Å². The van der Waals surface area contributed by atoms with Gasteiger partial charge in [-0.25, -0.2) is 0 Å². The van der Waals surface area contributed by atoms with Gasteiger partial charge in [0.25, 0.3) is 0 Å². The number of para-hydroxylation sites is 1. The molecular formula is C18H23N5O2. The second-order valence-electron chi connectivity index (χ2n) is 6.88. The lowest BCUT2D eigenvalue weighted by Gasteiger charge is -2.25. The molecule has 132 valence electrons. The molecule has 2 amide bonds. The van der Waals surface area contributed by atoms with Crippen molar-refractivity contribution in [3.05, 3.63) is 23.9 Å². The van der Waals surface area contributed by atoms with Crippen LogP contribution in [0.3, 0.4) is 0 Å². The minimum absolute atomic E-state index is 0.199. The molecule has 2 aliphatic rings. The standard InChI is InChI=1S/C18H23N5O2/c1-23-17-12(16(22-23)13-5-6-15(24)21-18(13)25)3-2-4-14(17)20-11-7-9-19-10-8-11/h2-4,11,13,19-20H,5-10H2,1H3,(H,21,24,25). The summed E-state index contributed by atoms with van der Waals surface area (Å²) in [6.07, 6.45) is 3.06. The van der Waals surface area contributed by atoms with Gasteiger partial charge in [0, 0.05) is 24.9 Å². The third-order valence-corrected chi connectivity index (χ3v) is 5.16. The lowest BCUT2D eigenvalue weighted by molar-refractivity contribution is -0.134. The van der Waals surface area contributed by atoms with Crippen LogP contribution < -0.4 is 16.0 Å². The van der Waals surface area contributed by atoms with Crippen LogP contribution in [0.15, 0.2) is 18.2 Å². The predicted molar refractivity (Wildman–Crippen MR) is 95.4 cm³/mol. The highest BCUT2D eigenvalue weighted by atomic mass is 16.2. The Kier molecular flexibility index (Phi) is 4.17. The Morgan fingerprint density at radius 1 is 1.20 bits per heavy atom. The van der Waals surface area contributed by atoms with Gasteiger partial charge in [0.15, 0.2) is 0 Å². The summed E-state index contributed by atoms with van der Waals surface area (Å²) < 4.78 is 1.85. The summed E-state index contributed by atoms with van der Waals surface area (Å²) in [6, 6.07) is 6.53. The minimum atomic E-state index is -0.365. The fourth-order valence-electron chi connectivity index (χ4n) is 3.88. The Balaban J connectivity index is 1.69. The van der Waals surface area contributed by atoms with Crippen LogP contribution in [0, 0.1) is 0 Å². The van der Waals surface area contributed by atoms with Gasteiger partial charge in [0.2, 0.25) is 11.8 Å². The molecule has 2 aliphatic heterocycles. The van der Waals surface area contributed by atoms with Gasteiger partial charge in [0.05, 0.1) is 22.8 Å². The zero-order valence-electron chi connectivity index (χ0n) is 14.3. The topological polar surface area (TPSA) is 88.0 Å². The summed E-state index contributed by atoms with van der Waals surface area (Å²) >= 11 is 0. The molecule has 4 rings (SSSR count). The molecule has 3 heterocycles. The lowest BCUT2D eigenvalue weighted by atomic mass is 9.92. The fraction of sp³-hybridized carbons (Fsp3) is 0.500. The average Bonchev–Trinajstić information content (AvgIpc) is 2.94. The summed E-state index contributed by atoms with van der Waals surface area (Å²) in [5.41, 5.74) is 2.83. The number of nitrogens with zero attached hydrogens (tertiary/aromatic N) is 2. The van der Waals surface area contributed by atoms with Crippen LogP contribution in [0.5, 0.6) is 0 Å². The van der Waals surface area contributed by atoms with Crippen molar-refractivity contribution in [1.29, 1.82) is 0 Å². The van der Waals surface area contributed by atoms with Crippen LogP contribution in [-0.2, 0) is 16.6 Å². The first kappa shape index (κ1) is 16.1. The molecule has 0 radical (unpaired) electrons. The van der Waals surface area contributed by atoms with Crippen molar-refractivity contribution >= 4 is 28.4 Å². The molecule has 1 atom stereocenters. The van der Waals surface area contributed by atoms with Crippen LogP contribution in [0.25, 0.3) is 10.9 Å². The molecule has 3 N–H and O–H groups in total. The quantitative estimate of drug-likeness (QED) is 0.732. The van der Waals surface area contributed by atoms with E-state index in [1.165, 1.54) is 0 Å². The van der Waals surface area contributed by atoms with E-state index in [1.807, 2.05) is 23.9 Å². The van der Waals surface area contributed by atoms with E-state index in [0.29, 0.717) is 18.9 Å². The highest BCUT2D eigenvalue weighted by Gasteiger charge is 2.32. The molecule has 2 aromatic rings. The number of carbonyl (C=O) groups excluding carboxylic acids is 2. The van der Waals surface area contributed by atoms with Gasteiger partial charge in [-0.1, -0.05) is 12.1 Å². The maximum absolute atomic E-state index is 12.3. The normalized spacial score (nSPS) is 22.2. The summed E-state index contributed by atoms with van der Waals surface area (Å²) in [5.74, 6) is -0.807. The molecular weight excluding hydrogens is 318 g/mol. The van der Waals surface area contributed by atoms with Gasteiger partial charge in [-0.05, 0) is 38.4 Å². The van der Waals surface area contributed by atoms with E-state index in [4.69, 9.17) is 0 Å². The number of benzene rings is 1. The van der Waals surface area contributed by atoms with E-state index < -0.39 is 0 Å². The molecule has 0 aliphatic carbocycles. The molecule has 0 saturated carbocycles. The van der Waals surface area contributed by atoms with Crippen LogP contribution in [0.2, 0.25) is 0 Å². The van der Waals surface area contributed by atoms with Crippen LogP contribution in [-0.4, -0.2) is 40.7 Å². The van der Waals surface area contributed by atoms with Crippen LogP contribution in [0.1, 0.15) is 37.3 Å². The van der Waals surface area contributed by atoms with Crippen molar-refractivity contribution in [3.8, 4) is 0 Å². The van der Waals surface area contributed by atoms with Crippen molar-refractivity contribution in [2.75, 3.05) is 18.4 Å². The molecule has 7 heteroatoms. The largest absolute Gasteiger partial charge is 0.380 e. The predicted octanol–water partition coefficient (Wildman–Crippen LogP) is 1.26. The number of anilines is 1. The highest BCUT2D eigenvalue weighted by molar-refractivity contribution is 6.03. The Labute approximate surface area is 146 Å². The number of imide groups is 1. The van der Waals surface area contributed by atoms with Gasteiger partial charge in [-0.3, -0.25) is 19.6 Å². The first-order valence-corrected chi connectivity index (χ1v) is 8.90. The lowest BCUT2D eigenvalue weighted by Crippen LogP contribution is -2.39. The smallest absolute Gasteiger partial charge is 0.235 e. The summed E-state index contributed by atoms with van der Waals surface area (Å²) in [7, 11) is 1.91. The van der Waals surface area contributed by atoms with Crippen LogP contribution in [0.4, 0.5) is 5.69 Å². The van der Waals surface area contributed by atoms with Crippen molar-refractivity contribution in [1.82, 2.24) is 20.4 Å². The molecule has 7 nitrogen and oxygen atoms in total. The number of rotatable bonds is 3. The number of fused-ring (bicyclic) bond motifs is 1. The van der Waals surface area contributed by atoms with E-state index in [1.54, 1.807) is 0 Å². The molecule has 0 spiro atoms. The summed E-state index contributed by atoms with van der Waals surface area (Å²) in [4.78, 5) is 23.7. The van der Waals surface area contributed by atoms with Gasteiger partial charge < -0.3 is 10.6 Å². The van der Waals surface area contributed by atoms with E-state index in [0.717, 1.165) is 48.2 Å². The van der Waals surface area contributed by atoms with Crippen molar-refractivity contribution in [2.24, 2.45) is 7.05 Å². The monoisotopic (exact) mass is 341 g/mol. The number of carbonyl (C=O) groups is 2. The molecule has 1 aromatic heterocycles. The highest BCUT2D eigenvalue weighted by Crippen LogP contribution is 2.33. The van der Waals surface area contributed by atoms with Gasteiger partial charge in [0.1, 0.15) is 0 Å². The summed E-state index contributed by atoms with van der Waals surface area (Å²) in [5, 5.41) is 15.1. The second kappa shape index (κ2) is 6.48. The third-order valence-electron chi connectivity index (χ3n) is 5.16. The van der Waals surface area contributed by atoms with E-state index in [2.05, 4.69) is 27.1 Å². The molecule has 0 bridgehead atoms. The first-order valence-electron chi connectivity index (χ1n) is 8.90. The zero-order valence-corrected chi connectivity index (χ0v) is 14.3.